The Labute approximate surface area is 179 Å². The predicted octanol–water partition coefficient (Wildman–Crippen LogP) is 4.41. The highest BCUT2D eigenvalue weighted by Gasteiger charge is 2.28. The largest absolute Gasteiger partial charge is 0.465 e. The Balaban J connectivity index is 1.58. The van der Waals surface area contributed by atoms with Crippen molar-refractivity contribution in [3.8, 4) is 34.9 Å². The summed E-state index contributed by atoms with van der Waals surface area (Å²) in [7, 11) is 1.24. The summed E-state index contributed by atoms with van der Waals surface area (Å²) in [5.41, 5.74) is 1.14. The molecule has 1 aliphatic heterocycles. The van der Waals surface area contributed by atoms with Gasteiger partial charge in [0.05, 0.1) is 28.6 Å². The van der Waals surface area contributed by atoms with Crippen molar-refractivity contribution in [2.45, 2.75) is 0 Å². The molecule has 5 rings (SSSR count). The third-order valence-corrected chi connectivity index (χ3v) is 4.50. The number of carbonyl (C=O) groups is 1. The fourth-order valence-corrected chi connectivity index (χ4v) is 3.02. The zero-order valence-corrected chi connectivity index (χ0v) is 16.3. The van der Waals surface area contributed by atoms with Crippen molar-refractivity contribution in [2.24, 2.45) is 0 Å². The number of rotatable bonds is 4. The van der Waals surface area contributed by atoms with E-state index < -0.39 is 10.9 Å². The van der Waals surface area contributed by atoms with Crippen molar-refractivity contribution in [2.75, 3.05) is 7.11 Å². The van der Waals surface area contributed by atoms with Gasteiger partial charge in [-0.3, -0.25) is 10.1 Å². The van der Waals surface area contributed by atoms with Gasteiger partial charge in [0.25, 0.3) is 17.4 Å². The van der Waals surface area contributed by atoms with Gasteiger partial charge in [0, 0.05) is 12.1 Å². The average Bonchev–Trinajstić information content (AvgIpc) is 2.81. The average molecular weight is 432 g/mol. The van der Waals surface area contributed by atoms with E-state index in [0.29, 0.717) is 11.0 Å². The number of aromatic nitrogens is 3. The summed E-state index contributed by atoms with van der Waals surface area (Å²) in [5, 5.41) is 10.8. The molecule has 0 atom stereocenters. The van der Waals surface area contributed by atoms with E-state index >= 15 is 0 Å². The van der Waals surface area contributed by atoms with Crippen LogP contribution in [0.2, 0.25) is 0 Å². The number of pyridine rings is 1. The van der Waals surface area contributed by atoms with Gasteiger partial charge in [0.15, 0.2) is 11.5 Å². The van der Waals surface area contributed by atoms with E-state index in [1.54, 1.807) is 12.1 Å². The predicted molar refractivity (Wildman–Crippen MR) is 108 cm³/mol. The molecular formula is C21H12N4O7. The van der Waals surface area contributed by atoms with Crippen molar-refractivity contribution in [3.05, 3.63) is 70.4 Å². The molecule has 0 saturated heterocycles. The van der Waals surface area contributed by atoms with Gasteiger partial charge >= 0.3 is 5.97 Å². The maximum atomic E-state index is 12.2. The first-order chi connectivity index (χ1) is 15.5. The molecule has 0 amide bonds. The maximum absolute atomic E-state index is 12.2. The summed E-state index contributed by atoms with van der Waals surface area (Å²) in [6.07, 6.45) is 1.05. The topological polar surface area (TPSA) is 136 Å². The molecule has 0 spiro atoms. The number of para-hydroxylation sites is 2. The summed E-state index contributed by atoms with van der Waals surface area (Å²) < 4.78 is 22.3. The van der Waals surface area contributed by atoms with Crippen LogP contribution in [0, 0.1) is 10.1 Å². The second kappa shape index (κ2) is 7.47. The number of hydrogen-bond acceptors (Lipinski definition) is 10. The lowest BCUT2D eigenvalue weighted by atomic mass is 10.1. The number of hydrogen-bond donors (Lipinski definition) is 0. The minimum Gasteiger partial charge on any atom is -0.465 e. The lowest BCUT2D eigenvalue weighted by Gasteiger charge is -2.21. The summed E-state index contributed by atoms with van der Waals surface area (Å²) in [5.74, 6) is 0.00917. The fraction of sp³-hybridized carbons (Fsp3) is 0.0476. The minimum absolute atomic E-state index is 0.0406. The summed E-state index contributed by atoms with van der Waals surface area (Å²) in [6, 6.07) is 12.6. The number of esters is 1. The zero-order valence-electron chi connectivity index (χ0n) is 16.3. The van der Waals surface area contributed by atoms with E-state index in [9.17, 15) is 14.9 Å². The van der Waals surface area contributed by atoms with Gasteiger partial charge in [-0.05, 0) is 24.3 Å². The van der Waals surface area contributed by atoms with Crippen LogP contribution in [0.4, 0.5) is 5.69 Å². The minimum atomic E-state index is -0.631. The number of nitro groups is 1. The second-order valence-electron chi connectivity index (χ2n) is 6.53. The van der Waals surface area contributed by atoms with Crippen LogP contribution in [0.25, 0.3) is 11.0 Å². The molecule has 32 heavy (non-hydrogen) atoms. The molecule has 158 valence electrons. The molecule has 0 radical (unpaired) electrons. The number of ether oxygens (including phenoxy) is 4. The molecule has 11 heteroatoms. The van der Waals surface area contributed by atoms with Crippen LogP contribution in [-0.2, 0) is 4.74 Å². The fourth-order valence-electron chi connectivity index (χ4n) is 3.02. The van der Waals surface area contributed by atoms with Gasteiger partial charge in [-0.2, -0.15) is 0 Å². The van der Waals surface area contributed by atoms with E-state index in [4.69, 9.17) is 18.9 Å². The summed E-state index contributed by atoms with van der Waals surface area (Å²) in [4.78, 5) is 35.2. The molecule has 1 aliphatic rings. The van der Waals surface area contributed by atoms with Gasteiger partial charge < -0.3 is 18.9 Å². The first-order valence-electron chi connectivity index (χ1n) is 9.19. The molecule has 0 unspecified atom stereocenters. The van der Waals surface area contributed by atoms with Gasteiger partial charge in [-0.25, -0.2) is 19.7 Å². The highest BCUT2D eigenvalue weighted by atomic mass is 16.6. The molecule has 0 fully saturated rings. The standard InChI is InChI=1S/C21H12N4O7/c1-29-21(26)11-8-15(30-17-7-6-12(10-22-17)25(27)28)18-16(9-11)31-19-20(32-18)24-14-5-3-2-4-13(14)23-19/h2-10H,1H3. The normalized spacial score (nSPS) is 11.5. The van der Waals surface area contributed by atoms with E-state index in [2.05, 4.69) is 15.0 Å². The monoisotopic (exact) mass is 432 g/mol. The number of benzene rings is 2. The Morgan fingerprint density at radius 2 is 1.75 bits per heavy atom. The summed E-state index contributed by atoms with van der Waals surface area (Å²) >= 11 is 0. The number of carbonyl (C=O) groups excluding carboxylic acids is 1. The van der Waals surface area contributed by atoms with Crippen molar-refractivity contribution in [1.29, 1.82) is 0 Å². The van der Waals surface area contributed by atoms with Crippen LogP contribution in [0.15, 0.2) is 54.7 Å². The zero-order chi connectivity index (χ0) is 22.2. The van der Waals surface area contributed by atoms with Crippen molar-refractivity contribution in [3.63, 3.8) is 0 Å². The van der Waals surface area contributed by atoms with Crippen LogP contribution in [0.1, 0.15) is 10.4 Å². The molecule has 0 N–H and O–H groups in total. The van der Waals surface area contributed by atoms with Gasteiger partial charge in [0.2, 0.25) is 11.6 Å². The number of nitrogens with zero attached hydrogens (tertiary/aromatic N) is 4. The van der Waals surface area contributed by atoms with Crippen LogP contribution in [0.5, 0.6) is 34.9 Å². The Kier molecular flexibility index (Phi) is 4.48. The van der Waals surface area contributed by atoms with E-state index in [1.165, 1.54) is 31.4 Å². The second-order valence-corrected chi connectivity index (χ2v) is 6.53. The van der Waals surface area contributed by atoms with Gasteiger partial charge in [-0.15, -0.1) is 0 Å². The Morgan fingerprint density at radius 1 is 1.03 bits per heavy atom. The molecule has 0 bridgehead atoms. The van der Waals surface area contributed by atoms with E-state index in [-0.39, 0.29) is 46.1 Å². The van der Waals surface area contributed by atoms with Crippen LogP contribution in [-0.4, -0.2) is 33.0 Å². The Hall–Kier alpha value is -4.80. The molecule has 4 aromatic rings. The van der Waals surface area contributed by atoms with Gasteiger partial charge in [-0.1, -0.05) is 12.1 Å². The SMILES string of the molecule is COC(=O)c1cc(Oc2ccc([N+](=O)[O-])cn2)c2c(c1)Oc1nc3ccccc3nc1O2. The number of methoxy groups -OCH3 is 1. The molecule has 2 aromatic heterocycles. The lowest BCUT2D eigenvalue weighted by molar-refractivity contribution is -0.385. The third kappa shape index (κ3) is 3.37. The third-order valence-electron chi connectivity index (χ3n) is 4.50. The molecule has 3 heterocycles. The molecule has 0 saturated carbocycles. The van der Waals surface area contributed by atoms with Crippen molar-refractivity contribution < 1.29 is 28.7 Å². The molecule has 2 aromatic carbocycles. The molecule has 11 nitrogen and oxygen atoms in total. The van der Waals surface area contributed by atoms with Gasteiger partial charge in [0.1, 0.15) is 6.20 Å². The van der Waals surface area contributed by atoms with Crippen LogP contribution < -0.4 is 14.2 Å². The number of fused-ring (bicyclic) bond motifs is 3. The van der Waals surface area contributed by atoms with Crippen LogP contribution >= 0.6 is 0 Å². The van der Waals surface area contributed by atoms with E-state index in [1.807, 2.05) is 12.1 Å². The highest BCUT2D eigenvalue weighted by molar-refractivity contribution is 5.91. The molecule has 0 aliphatic carbocycles. The van der Waals surface area contributed by atoms with E-state index in [0.717, 1.165) is 6.20 Å². The van der Waals surface area contributed by atoms with Crippen LogP contribution in [0.3, 0.4) is 0 Å². The first-order valence-corrected chi connectivity index (χ1v) is 9.19. The first kappa shape index (κ1) is 19.2. The molecular weight excluding hydrogens is 420 g/mol. The smallest absolute Gasteiger partial charge is 0.338 e. The Bertz CT molecular complexity index is 1390. The lowest BCUT2D eigenvalue weighted by Crippen LogP contribution is -2.08. The quantitative estimate of drug-likeness (QED) is 0.228. The maximum Gasteiger partial charge on any atom is 0.338 e. The van der Waals surface area contributed by atoms with Crippen molar-refractivity contribution >= 4 is 22.7 Å². The Morgan fingerprint density at radius 3 is 2.38 bits per heavy atom. The van der Waals surface area contributed by atoms with Crippen molar-refractivity contribution in [1.82, 2.24) is 15.0 Å². The summed E-state index contributed by atoms with van der Waals surface area (Å²) in [6.45, 7) is 0. The highest BCUT2D eigenvalue weighted by Crippen LogP contribution is 2.50.